The normalized spacial score (nSPS) is 15.1. The van der Waals surface area contributed by atoms with E-state index in [-0.39, 0.29) is 5.04 Å². The Morgan fingerprint density at radius 1 is 1.16 bits per heavy atom. The van der Waals surface area contributed by atoms with Gasteiger partial charge in [-0.05, 0) is 37.0 Å². The Labute approximate surface area is 120 Å². The molecule has 0 saturated heterocycles. The van der Waals surface area contributed by atoms with E-state index >= 15 is 0 Å². The lowest BCUT2D eigenvalue weighted by molar-refractivity contribution is -0.298. The lowest BCUT2D eigenvalue weighted by Crippen LogP contribution is -2.41. The first kappa shape index (κ1) is 18.8. The zero-order valence-corrected chi connectivity index (χ0v) is 14.5. The van der Waals surface area contributed by atoms with Crippen LogP contribution >= 0.6 is 0 Å². The Kier molecular flexibility index (Phi) is 8.82. The summed E-state index contributed by atoms with van der Waals surface area (Å²) in [5, 5.41) is 9.75. The summed E-state index contributed by atoms with van der Waals surface area (Å²) in [6.45, 7) is 12.8. The fourth-order valence-corrected chi connectivity index (χ4v) is 1.82. The van der Waals surface area contributed by atoms with Crippen LogP contribution in [0.2, 0.25) is 18.1 Å². The maximum atomic E-state index is 9.67. The van der Waals surface area contributed by atoms with E-state index in [4.69, 9.17) is 9.46 Å². The van der Waals surface area contributed by atoms with Gasteiger partial charge in [-0.2, -0.15) is 0 Å². The maximum Gasteiger partial charge on any atom is 0.238 e. The van der Waals surface area contributed by atoms with Crippen molar-refractivity contribution in [3.63, 3.8) is 0 Å². The molecule has 0 heterocycles. The Hall–Kier alpha value is -0.163. The predicted molar refractivity (Wildman–Crippen MR) is 83.3 cm³/mol. The highest BCUT2D eigenvalue weighted by Gasteiger charge is 2.39. The van der Waals surface area contributed by atoms with E-state index in [1.807, 2.05) is 6.08 Å². The van der Waals surface area contributed by atoms with Gasteiger partial charge in [-0.1, -0.05) is 53.0 Å². The fraction of sp³-hybridized carbons (Fsp3) is 0.867. The summed E-state index contributed by atoms with van der Waals surface area (Å²) in [6.07, 6.45) is 8.60. The fourth-order valence-electron chi connectivity index (χ4n) is 1.23. The molecule has 114 valence electrons. The average molecular weight is 289 g/mol. The summed E-state index contributed by atoms with van der Waals surface area (Å²) in [4.78, 5) is 5.09. The largest absolute Gasteiger partial charge is 0.363 e. The minimum Gasteiger partial charge on any atom is -0.363 e. The summed E-state index contributed by atoms with van der Waals surface area (Å²) >= 11 is 0. The Balaban J connectivity index is 3.86. The first-order valence-electron chi connectivity index (χ1n) is 7.40. The molecular weight excluding hydrogens is 256 g/mol. The van der Waals surface area contributed by atoms with E-state index in [2.05, 4.69) is 40.8 Å². The molecule has 0 aromatic carbocycles. The minimum absolute atomic E-state index is 0.0799. The standard InChI is InChI=1S/C15H32O3Si/c1-7-8-9-10-11-12-13-14(16)17-18-19(5,6)15(2,3)4/h12-14,16H,7-11H2,1-6H3/b13-12+. The summed E-state index contributed by atoms with van der Waals surface area (Å²) in [5.74, 6) is 0. The summed E-state index contributed by atoms with van der Waals surface area (Å²) in [7, 11) is -1.95. The molecule has 1 atom stereocenters. The van der Waals surface area contributed by atoms with Crippen molar-refractivity contribution < 1.29 is 14.6 Å². The summed E-state index contributed by atoms with van der Waals surface area (Å²) in [5.41, 5.74) is 0. The second-order valence-corrected chi connectivity index (χ2v) is 11.3. The van der Waals surface area contributed by atoms with Crippen LogP contribution in [-0.4, -0.2) is 19.7 Å². The highest BCUT2D eigenvalue weighted by atomic mass is 28.4. The number of rotatable bonds is 9. The van der Waals surface area contributed by atoms with Gasteiger partial charge < -0.3 is 5.11 Å². The van der Waals surface area contributed by atoms with Crippen LogP contribution < -0.4 is 0 Å². The lowest BCUT2D eigenvalue weighted by atomic mass is 10.1. The van der Waals surface area contributed by atoms with Gasteiger partial charge in [-0.3, -0.25) is 4.58 Å². The molecule has 0 aromatic heterocycles. The number of hydrogen-bond donors (Lipinski definition) is 1. The Morgan fingerprint density at radius 2 is 1.79 bits per heavy atom. The predicted octanol–water partition coefficient (Wildman–Crippen LogP) is 4.78. The van der Waals surface area contributed by atoms with E-state index in [1.165, 1.54) is 25.7 Å². The van der Waals surface area contributed by atoms with Gasteiger partial charge in [0.15, 0.2) is 0 Å². The van der Waals surface area contributed by atoms with Crippen molar-refractivity contribution in [2.45, 2.75) is 84.2 Å². The van der Waals surface area contributed by atoms with Gasteiger partial charge in [-0.25, -0.2) is 4.89 Å². The molecule has 0 aliphatic rings. The highest BCUT2D eigenvalue weighted by Crippen LogP contribution is 2.36. The third-order valence-corrected chi connectivity index (χ3v) is 7.81. The van der Waals surface area contributed by atoms with Crippen molar-refractivity contribution in [3.8, 4) is 0 Å². The van der Waals surface area contributed by atoms with Gasteiger partial charge in [0.1, 0.15) is 0 Å². The van der Waals surface area contributed by atoms with E-state index in [0.717, 1.165) is 6.42 Å². The minimum atomic E-state index is -1.95. The summed E-state index contributed by atoms with van der Waals surface area (Å²) < 4.78 is 5.49. The van der Waals surface area contributed by atoms with Gasteiger partial charge in [0.05, 0.1) is 0 Å². The lowest BCUT2D eigenvalue weighted by Gasteiger charge is -2.34. The van der Waals surface area contributed by atoms with Crippen molar-refractivity contribution in [1.82, 2.24) is 0 Å². The van der Waals surface area contributed by atoms with E-state index in [9.17, 15) is 5.11 Å². The van der Waals surface area contributed by atoms with Crippen molar-refractivity contribution in [3.05, 3.63) is 12.2 Å². The zero-order valence-electron chi connectivity index (χ0n) is 13.5. The molecule has 0 amide bonds. The molecule has 3 nitrogen and oxygen atoms in total. The highest BCUT2D eigenvalue weighted by molar-refractivity contribution is 6.73. The molecule has 0 aliphatic carbocycles. The van der Waals surface area contributed by atoms with E-state index in [0.29, 0.717) is 0 Å². The first-order chi connectivity index (χ1) is 8.70. The number of hydrogen-bond acceptors (Lipinski definition) is 3. The quantitative estimate of drug-likeness (QED) is 0.166. The van der Waals surface area contributed by atoms with Crippen molar-refractivity contribution >= 4 is 8.32 Å². The zero-order chi connectivity index (χ0) is 14.9. The SMILES string of the molecule is CCCCCC/C=C/C(O)OO[Si](C)(C)C(C)(C)C. The van der Waals surface area contributed by atoms with Gasteiger partial charge in [0.25, 0.3) is 0 Å². The number of aliphatic hydroxyl groups excluding tert-OH is 1. The molecule has 0 radical (unpaired) electrons. The van der Waals surface area contributed by atoms with E-state index < -0.39 is 14.6 Å². The monoisotopic (exact) mass is 288 g/mol. The molecule has 0 saturated carbocycles. The molecule has 1 unspecified atom stereocenters. The van der Waals surface area contributed by atoms with Crippen molar-refractivity contribution in [2.24, 2.45) is 0 Å². The molecule has 1 N–H and O–H groups in total. The maximum absolute atomic E-state index is 9.67. The van der Waals surface area contributed by atoms with Crippen LogP contribution in [0.4, 0.5) is 0 Å². The first-order valence-corrected chi connectivity index (χ1v) is 10.3. The molecular formula is C15H32O3Si. The second-order valence-electron chi connectivity index (χ2n) is 6.61. The molecule has 0 bridgehead atoms. The van der Waals surface area contributed by atoms with Crippen molar-refractivity contribution in [2.75, 3.05) is 0 Å². The molecule has 0 aliphatic heterocycles. The molecule has 4 heteroatoms. The van der Waals surface area contributed by atoms with Crippen LogP contribution in [0.1, 0.15) is 59.8 Å². The smallest absolute Gasteiger partial charge is 0.238 e. The van der Waals surface area contributed by atoms with Crippen LogP contribution in [0.5, 0.6) is 0 Å². The summed E-state index contributed by atoms with van der Waals surface area (Å²) in [6, 6.07) is 0. The van der Waals surface area contributed by atoms with Gasteiger partial charge in [0, 0.05) is 0 Å². The van der Waals surface area contributed by atoms with Crippen LogP contribution in [0, 0.1) is 0 Å². The topological polar surface area (TPSA) is 38.7 Å². The molecule has 0 rings (SSSR count). The van der Waals surface area contributed by atoms with Crippen molar-refractivity contribution in [1.29, 1.82) is 0 Å². The molecule has 19 heavy (non-hydrogen) atoms. The third kappa shape index (κ3) is 8.58. The van der Waals surface area contributed by atoms with Crippen LogP contribution in [0.3, 0.4) is 0 Å². The number of allylic oxidation sites excluding steroid dienone is 1. The molecule has 0 aromatic rings. The average Bonchev–Trinajstić information content (AvgIpc) is 2.29. The van der Waals surface area contributed by atoms with Crippen LogP contribution in [-0.2, 0) is 9.46 Å². The van der Waals surface area contributed by atoms with Gasteiger partial charge in [-0.15, -0.1) is 0 Å². The number of unbranched alkanes of at least 4 members (excludes halogenated alkanes) is 4. The Bertz CT molecular complexity index is 257. The Morgan fingerprint density at radius 3 is 2.32 bits per heavy atom. The molecule has 0 spiro atoms. The second kappa shape index (κ2) is 8.90. The van der Waals surface area contributed by atoms with E-state index in [1.54, 1.807) is 6.08 Å². The number of aliphatic hydroxyl groups is 1. The molecule has 0 fully saturated rings. The van der Waals surface area contributed by atoms with Crippen LogP contribution in [0.15, 0.2) is 12.2 Å². The van der Waals surface area contributed by atoms with Gasteiger partial charge in [0.2, 0.25) is 14.6 Å². The van der Waals surface area contributed by atoms with Crippen LogP contribution in [0.25, 0.3) is 0 Å². The van der Waals surface area contributed by atoms with Gasteiger partial charge >= 0.3 is 0 Å². The third-order valence-electron chi connectivity index (χ3n) is 3.69.